The molecule has 1 aromatic rings. The second-order valence-corrected chi connectivity index (χ2v) is 8.29. The van der Waals surface area contributed by atoms with Gasteiger partial charge in [-0.1, -0.05) is 41.7 Å². The number of ether oxygens (including phenoxy) is 1. The molecular formula is C17H20N2O4S3. The maximum atomic E-state index is 11.8. The number of amides is 2. The first-order chi connectivity index (χ1) is 12.4. The van der Waals surface area contributed by atoms with Crippen molar-refractivity contribution in [1.29, 1.82) is 0 Å². The Labute approximate surface area is 166 Å². The summed E-state index contributed by atoms with van der Waals surface area (Å²) in [6, 6.07) is 6.01. The first-order valence-corrected chi connectivity index (χ1v) is 10.3. The third-order valence-electron chi connectivity index (χ3n) is 3.54. The minimum atomic E-state index is -0.447. The molecule has 1 aliphatic heterocycles. The molecule has 1 aromatic carbocycles. The summed E-state index contributed by atoms with van der Waals surface area (Å²) in [6.45, 7) is 4.26. The number of thioether (sulfide) groups is 2. The normalized spacial score (nSPS) is 13.8. The molecule has 0 atom stereocenters. The Bertz CT molecular complexity index is 708. The molecule has 6 nitrogen and oxygen atoms in total. The monoisotopic (exact) mass is 412 g/mol. The summed E-state index contributed by atoms with van der Waals surface area (Å²) >= 11 is 7.75. The molecule has 0 unspecified atom stereocenters. The molecule has 9 heteroatoms. The molecule has 1 N–H and O–H groups in total. The Morgan fingerprint density at radius 3 is 2.81 bits per heavy atom. The predicted octanol–water partition coefficient (Wildman–Crippen LogP) is 1.92. The van der Waals surface area contributed by atoms with Crippen LogP contribution in [0, 0.1) is 13.8 Å². The van der Waals surface area contributed by atoms with Crippen LogP contribution in [0.3, 0.4) is 0 Å². The van der Waals surface area contributed by atoms with Gasteiger partial charge < -0.3 is 10.1 Å². The second kappa shape index (κ2) is 9.94. The Hall–Kier alpha value is -1.58. The molecule has 0 spiro atoms. The smallest absolute Gasteiger partial charge is 0.316 e. The molecule has 2 amide bonds. The average molecular weight is 413 g/mol. The van der Waals surface area contributed by atoms with Crippen molar-refractivity contribution in [2.45, 2.75) is 18.7 Å². The third kappa shape index (κ3) is 6.30. The molecule has 1 saturated heterocycles. The zero-order chi connectivity index (χ0) is 19.1. The van der Waals surface area contributed by atoms with E-state index >= 15 is 0 Å². The van der Waals surface area contributed by atoms with E-state index in [9.17, 15) is 14.4 Å². The van der Waals surface area contributed by atoms with E-state index in [1.54, 1.807) is 0 Å². The van der Waals surface area contributed by atoms with Gasteiger partial charge in [0, 0.05) is 18.0 Å². The summed E-state index contributed by atoms with van der Waals surface area (Å²) in [6.07, 6.45) is 0. The Morgan fingerprint density at radius 1 is 1.38 bits per heavy atom. The van der Waals surface area contributed by atoms with E-state index < -0.39 is 11.9 Å². The van der Waals surface area contributed by atoms with Crippen molar-refractivity contribution < 1.29 is 19.1 Å². The van der Waals surface area contributed by atoms with Crippen molar-refractivity contribution in [3.8, 4) is 0 Å². The highest BCUT2D eigenvalue weighted by atomic mass is 32.2. The minimum absolute atomic E-state index is 0.0518. The predicted molar refractivity (Wildman–Crippen MR) is 107 cm³/mol. The zero-order valence-electron chi connectivity index (χ0n) is 14.6. The number of hydrogen-bond donors (Lipinski definition) is 1. The summed E-state index contributed by atoms with van der Waals surface area (Å²) in [5.74, 6) is -0.408. The highest BCUT2D eigenvalue weighted by Gasteiger charge is 2.25. The van der Waals surface area contributed by atoms with Gasteiger partial charge in [0.1, 0.15) is 4.32 Å². The third-order valence-corrected chi connectivity index (χ3v) is 6.12. The number of carbonyl (C=O) groups is 3. The van der Waals surface area contributed by atoms with Crippen LogP contribution < -0.4 is 5.32 Å². The largest absolute Gasteiger partial charge is 0.455 e. The molecule has 0 radical (unpaired) electrons. The fourth-order valence-electron chi connectivity index (χ4n) is 2.24. The number of carbonyl (C=O) groups excluding carboxylic acids is 3. The number of esters is 1. The van der Waals surface area contributed by atoms with Crippen LogP contribution >= 0.6 is 35.7 Å². The lowest BCUT2D eigenvalue weighted by Crippen LogP contribution is -2.38. The van der Waals surface area contributed by atoms with Crippen LogP contribution in [0.15, 0.2) is 23.1 Å². The molecule has 1 aliphatic rings. The number of nitrogens with one attached hydrogen (secondary N) is 1. The average Bonchev–Trinajstić information content (AvgIpc) is 2.91. The summed E-state index contributed by atoms with van der Waals surface area (Å²) in [4.78, 5) is 37.5. The van der Waals surface area contributed by atoms with E-state index in [1.807, 2.05) is 26.0 Å². The van der Waals surface area contributed by atoms with Gasteiger partial charge in [0.15, 0.2) is 6.61 Å². The lowest BCUT2D eigenvalue weighted by molar-refractivity contribution is -0.145. The molecular weight excluding hydrogens is 392 g/mol. The van der Waals surface area contributed by atoms with E-state index in [-0.39, 0.29) is 24.8 Å². The van der Waals surface area contributed by atoms with Crippen molar-refractivity contribution in [2.24, 2.45) is 0 Å². The van der Waals surface area contributed by atoms with Crippen molar-refractivity contribution in [3.05, 3.63) is 29.3 Å². The fourth-order valence-corrected chi connectivity index (χ4v) is 4.17. The lowest BCUT2D eigenvalue weighted by atomic mass is 10.2. The van der Waals surface area contributed by atoms with Gasteiger partial charge in [0.2, 0.25) is 5.91 Å². The molecule has 0 aromatic heterocycles. The van der Waals surface area contributed by atoms with Gasteiger partial charge in [-0.15, -0.1) is 11.8 Å². The van der Waals surface area contributed by atoms with Gasteiger partial charge in [-0.25, -0.2) is 0 Å². The standard InChI is InChI=1S/C17H20N2O4S3/c1-11-3-4-13(12(2)7-11)25-10-16(22)23-8-14(20)18-5-6-19-15(21)9-26-17(19)24/h3-4,7H,5-6,8-10H2,1-2H3,(H,18,20). The number of benzene rings is 1. The van der Waals surface area contributed by atoms with Gasteiger partial charge in [0.25, 0.3) is 5.91 Å². The van der Waals surface area contributed by atoms with Gasteiger partial charge in [-0.05, 0) is 25.5 Å². The number of rotatable bonds is 8. The number of aryl methyl sites for hydroxylation is 2. The highest BCUT2D eigenvalue weighted by Crippen LogP contribution is 2.23. The summed E-state index contributed by atoms with van der Waals surface area (Å²) in [5, 5.41) is 2.61. The van der Waals surface area contributed by atoms with Crippen LogP contribution in [0.25, 0.3) is 0 Å². The van der Waals surface area contributed by atoms with Crippen LogP contribution in [0.4, 0.5) is 0 Å². The summed E-state index contributed by atoms with van der Waals surface area (Å²) in [5.41, 5.74) is 2.27. The van der Waals surface area contributed by atoms with E-state index in [1.165, 1.54) is 34.0 Å². The van der Waals surface area contributed by atoms with E-state index in [0.717, 1.165) is 10.5 Å². The van der Waals surface area contributed by atoms with Crippen molar-refractivity contribution in [1.82, 2.24) is 10.2 Å². The Morgan fingerprint density at radius 2 is 2.15 bits per heavy atom. The lowest BCUT2D eigenvalue weighted by Gasteiger charge is -2.15. The first-order valence-electron chi connectivity index (χ1n) is 7.96. The Kier molecular flexibility index (Phi) is 7.92. The SMILES string of the molecule is Cc1ccc(SCC(=O)OCC(=O)NCCN2C(=O)CSC2=S)c(C)c1. The van der Waals surface area contributed by atoms with E-state index in [4.69, 9.17) is 17.0 Å². The van der Waals surface area contributed by atoms with Gasteiger partial charge in [0.05, 0.1) is 11.5 Å². The van der Waals surface area contributed by atoms with Crippen LogP contribution in [0.2, 0.25) is 0 Å². The molecule has 0 bridgehead atoms. The summed E-state index contributed by atoms with van der Waals surface area (Å²) < 4.78 is 5.50. The molecule has 1 fully saturated rings. The van der Waals surface area contributed by atoms with E-state index in [0.29, 0.717) is 16.6 Å². The maximum absolute atomic E-state index is 11.8. The van der Waals surface area contributed by atoms with Crippen LogP contribution in [0.1, 0.15) is 11.1 Å². The molecule has 2 rings (SSSR count). The molecule has 140 valence electrons. The Balaban J connectivity index is 1.63. The van der Waals surface area contributed by atoms with E-state index in [2.05, 4.69) is 11.4 Å². The van der Waals surface area contributed by atoms with Gasteiger partial charge in [-0.2, -0.15) is 0 Å². The second-order valence-electron chi connectivity index (χ2n) is 5.67. The zero-order valence-corrected chi connectivity index (χ0v) is 17.0. The van der Waals surface area contributed by atoms with Crippen molar-refractivity contribution >= 4 is 57.8 Å². The molecule has 1 heterocycles. The van der Waals surface area contributed by atoms with Crippen molar-refractivity contribution in [3.63, 3.8) is 0 Å². The maximum Gasteiger partial charge on any atom is 0.316 e. The minimum Gasteiger partial charge on any atom is -0.455 e. The fraction of sp³-hybridized carbons (Fsp3) is 0.412. The molecule has 0 aliphatic carbocycles. The van der Waals surface area contributed by atoms with Gasteiger partial charge in [-0.3, -0.25) is 19.3 Å². The first kappa shape index (κ1) is 20.7. The number of hydrogen-bond acceptors (Lipinski definition) is 7. The number of thiocarbonyl (C=S) groups is 1. The topological polar surface area (TPSA) is 75.7 Å². The molecule has 26 heavy (non-hydrogen) atoms. The highest BCUT2D eigenvalue weighted by molar-refractivity contribution is 8.23. The van der Waals surface area contributed by atoms with Crippen molar-refractivity contribution in [2.75, 3.05) is 31.2 Å². The van der Waals surface area contributed by atoms with Gasteiger partial charge >= 0.3 is 5.97 Å². The van der Waals surface area contributed by atoms with Crippen LogP contribution in [-0.2, 0) is 19.1 Å². The quantitative estimate of drug-likeness (QED) is 0.397. The number of nitrogens with zero attached hydrogens (tertiary/aromatic N) is 1. The van der Waals surface area contributed by atoms with Crippen LogP contribution in [-0.4, -0.2) is 58.2 Å². The molecule has 0 saturated carbocycles. The van der Waals surface area contributed by atoms with Crippen LogP contribution in [0.5, 0.6) is 0 Å². The summed E-state index contributed by atoms with van der Waals surface area (Å²) in [7, 11) is 0.